The Hall–Kier alpha value is -3.47. The van der Waals surface area contributed by atoms with Crippen molar-refractivity contribution in [2.75, 3.05) is 39.6 Å². The fraction of sp³-hybridized carbons (Fsp3) is 0.312. The normalized spacial score (nSPS) is 14.1. The second kappa shape index (κ2) is 7.83. The first-order chi connectivity index (χ1) is 13.1. The van der Waals surface area contributed by atoms with E-state index in [0.717, 1.165) is 0 Å². The molecule has 0 saturated carbocycles. The molecule has 0 bridgehead atoms. The van der Waals surface area contributed by atoms with Crippen LogP contribution in [0.1, 0.15) is 0 Å². The number of carbonyl (C=O) groups is 2. The average Bonchev–Trinajstić information content (AvgIpc) is 3.26. The lowest BCUT2D eigenvalue weighted by molar-refractivity contribution is -0.140. The molecule has 0 spiro atoms. The second-order valence-electron chi connectivity index (χ2n) is 5.32. The van der Waals surface area contributed by atoms with Crippen LogP contribution in [-0.2, 0) is 23.8 Å². The maximum absolute atomic E-state index is 12.5. The summed E-state index contributed by atoms with van der Waals surface area (Å²) in [7, 11) is 3.96. The number of rotatable bonds is 5. The summed E-state index contributed by atoms with van der Waals surface area (Å²) in [6.45, 7) is -0.0923. The van der Waals surface area contributed by atoms with Gasteiger partial charge in [0, 0.05) is 6.07 Å². The Labute approximate surface area is 154 Å². The number of esters is 2. The zero-order valence-electron chi connectivity index (χ0n) is 14.9. The van der Waals surface area contributed by atoms with Crippen molar-refractivity contribution in [1.29, 1.82) is 0 Å². The predicted molar refractivity (Wildman–Crippen MR) is 90.1 cm³/mol. The fourth-order valence-electron chi connectivity index (χ4n) is 2.65. The van der Waals surface area contributed by atoms with E-state index in [9.17, 15) is 9.59 Å². The number of hydrogen-bond donors (Lipinski definition) is 0. The van der Waals surface area contributed by atoms with Crippen LogP contribution in [0, 0.1) is 0 Å². The number of hydrogen-bond acceptors (Lipinski definition) is 10. The third-order valence-electron chi connectivity index (χ3n) is 3.90. The van der Waals surface area contributed by atoms with E-state index >= 15 is 0 Å². The summed E-state index contributed by atoms with van der Waals surface area (Å²) in [6, 6.07) is 5.10. The van der Waals surface area contributed by atoms with E-state index in [0.29, 0.717) is 17.1 Å². The monoisotopic (exact) mass is 375 g/mol. The maximum atomic E-state index is 12.5. The molecule has 0 atom stereocenters. The number of anilines is 1. The zero-order valence-corrected chi connectivity index (χ0v) is 14.9. The van der Waals surface area contributed by atoms with Gasteiger partial charge in [0.25, 0.3) is 0 Å². The highest BCUT2D eigenvalue weighted by Gasteiger charge is 2.34. The van der Waals surface area contributed by atoms with Crippen LogP contribution < -0.4 is 9.64 Å². The van der Waals surface area contributed by atoms with E-state index in [1.807, 2.05) is 0 Å². The fourth-order valence-corrected chi connectivity index (χ4v) is 2.65. The quantitative estimate of drug-likeness (QED) is 0.664. The average molecular weight is 375 g/mol. The molecule has 1 aromatic heterocycles. The molecule has 142 valence electrons. The van der Waals surface area contributed by atoms with Crippen molar-refractivity contribution >= 4 is 17.6 Å². The minimum atomic E-state index is -0.704. The molecule has 1 aliphatic rings. The predicted octanol–water partition coefficient (Wildman–Crippen LogP) is 0.0651. The Morgan fingerprint density at radius 1 is 1.11 bits per heavy atom. The molecule has 0 radical (unpaired) electrons. The lowest BCUT2D eigenvalue weighted by Gasteiger charge is -2.32. The molecule has 0 aliphatic carbocycles. The van der Waals surface area contributed by atoms with Crippen LogP contribution in [0.3, 0.4) is 0 Å². The minimum Gasteiger partial charge on any atom is -0.497 e. The van der Waals surface area contributed by atoms with Crippen LogP contribution >= 0.6 is 0 Å². The number of carbonyl (C=O) groups excluding carboxylic acids is 2. The molecule has 11 heteroatoms. The molecular formula is C16H17N5O6. The summed E-state index contributed by atoms with van der Waals surface area (Å²) in [4.78, 5) is 26.1. The molecule has 0 fully saturated rings. The van der Waals surface area contributed by atoms with Crippen molar-refractivity contribution in [3.63, 3.8) is 0 Å². The molecule has 2 heterocycles. The van der Waals surface area contributed by atoms with Crippen molar-refractivity contribution in [3.05, 3.63) is 35.8 Å². The largest absolute Gasteiger partial charge is 0.497 e. The van der Waals surface area contributed by atoms with E-state index in [4.69, 9.17) is 18.9 Å². The Kier molecular flexibility index (Phi) is 5.31. The highest BCUT2D eigenvalue weighted by molar-refractivity contribution is 6.03. The van der Waals surface area contributed by atoms with Crippen LogP contribution in [0.25, 0.3) is 5.69 Å². The number of aromatic nitrogens is 4. The van der Waals surface area contributed by atoms with Crippen LogP contribution in [-0.4, -0.2) is 66.8 Å². The van der Waals surface area contributed by atoms with Gasteiger partial charge in [0.1, 0.15) is 24.5 Å². The lowest BCUT2D eigenvalue weighted by atomic mass is 10.1. The molecule has 11 nitrogen and oxygen atoms in total. The summed E-state index contributed by atoms with van der Waals surface area (Å²) in [5.41, 5.74) is 1.07. The summed E-state index contributed by atoms with van der Waals surface area (Å²) in [5, 5.41) is 11.1. The van der Waals surface area contributed by atoms with Crippen LogP contribution in [0.15, 0.2) is 35.8 Å². The maximum Gasteiger partial charge on any atom is 0.355 e. The highest BCUT2D eigenvalue weighted by Crippen LogP contribution is 2.34. The van der Waals surface area contributed by atoms with Gasteiger partial charge in [-0.15, -0.1) is 5.10 Å². The number of nitrogens with zero attached hydrogens (tertiary/aromatic N) is 5. The standard InChI is InChI=1S/C16H17N5O6/c1-24-10-4-5-12(21-8-17-18-19-21)13(6-10)20-9-27-7-11(15(22)25-2)14(20)16(23)26-3/h4-6,8H,7,9H2,1-3H3. The first-order valence-electron chi connectivity index (χ1n) is 7.77. The summed E-state index contributed by atoms with van der Waals surface area (Å²) < 4.78 is 21.8. The van der Waals surface area contributed by atoms with E-state index < -0.39 is 11.9 Å². The third-order valence-corrected chi connectivity index (χ3v) is 3.90. The highest BCUT2D eigenvalue weighted by atomic mass is 16.5. The first kappa shape index (κ1) is 18.3. The number of tetrazole rings is 1. The van der Waals surface area contributed by atoms with Gasteiger partial charge in [-0.1, -0.05) is 0 Å². The van der Waals surface area contributed by atoms with Gasteiger partial charge in [0.15, 0.2) is 0 Å². The smallest absolute Gasteiger partial charge is 0.355 e. The molecule has 0 amide bonds. The van der Waals surface area contributed by atoms with Crippen molar-refractivity contribution in [2.24, 2.45) is 0 Å². The first-order valence-corrected chi connectivity index (χ1v) is 7.77. The molecule has 0 saturated heterocycles. The number of methoxy groups -OCH3 is 3. The third kappa shape index (κ3) is 3.44. The lowest BCUT2D eigenvalue weighted by Crippen LogP contribution is -2.39. The van der Waals surface area contributed by atoms with Crippen molar-refractivity contribution in [2.45, 2.75) is 0 Å². The molecule has 3 rings (SSSR count). The van der Waals surface area contributed by atoms with Gasteiger partial charge in [-0.2, -0.15) is 4.68 Å². The van der Waals surface area contributed by atoms with Crippen molar-refractivity contribution < 1.29 is 28.5 Å². The Bertz CT molecular complexity index is 879. The van der Waals surface area contributed by atoms with Crippen LogP contribution in [0.4, 0.5) is 5.69 Å². The van der Waals surface area contributed by atoms with Crippen molar-refractivity contribution in [1.82, 2.24) is 20.2 Å². The summed E-state index contributed by atoms with van der Waals surface area (Å²) >= 11 is 0. The van der Waals surface area contributed by atoms with E-state index in [-0.39, 0.29) is 24.6 Å². The van der Waals surface area contributed by atoms with E-state index in [1.54, 1.807) is 18.2 Å². The molecule has 0 unspecified atom stereocenters. The molecule has 2 aromatic rings. The van der Waals surface area contributed by atoms with Gasteiger partial charge >= 0.3 is 11.9 Å². The summed E-state index contributed by atoms with van der Waals surface area (Å²) in [5.74, 6) is -0.868. The molecule has 27 heavy (non-hydrogen) atoms. The van der Waals surface area contributed by atoms with E-state index in [2.05, 4.69) is 15.5 Å². The van der Waals surface area contributed by atoms with E-state index in [1.165, 1.54) is 37.2 Å². The minimum absolute atomic E-state index is 0.00673. The van der Waals surface area contributed by atoms with Gasteiger partial charge in [-0.05, 0) is 22.6 Å². The Morgan fingerprint density at radius 2 is 1.89 bits per heavy atom. The Balaban J connectivity index is 2.21. The topological polar surface area (TPSA) is 118 Å². The van der Waals surface area contributed by atoms with Gasteiger partial charge in [-0.3, -0.25) is 0 Å². The van der Waals surface area contributed by atoms with Crippen LogP contribution in [0.2, 0.25) is 0 Å². The van der Waals surface area contributed by atoms with Crippen molar-refractivity contribution in [3.8, 4) is 11.4 Å². The van der Waals surface area contributed by atoms with Gasteiger partial charge in [0.2, 0.25) is 0 Å². The summed E-state index contributed by atoms with van der Waals surface area (Å²) in [6.07, 6.45) is 1.40. The van der Waals surface area contributed by atoms with Gasteiger partial charge < -0.3 is 23.8 Å². The second-order valence-corrected chi connectivity index (χ2v) is 5.32. The molecular weight excluding hydrogens is 358 g/mol. The molecule has 0 N–H and O–H groups in total. The molecule has 1 aliphatic heterocycles. The SMILES string of the molecule is COC(=O)C1=C(C(=O)OC)N(c2cc(OC)ccc2-n2cnnn2)COC1. The number of benzene rings is 1. The van der Waals surface area contributed by atoms with Gasteiger partial charge in [-0.25, -0.2) is 9.59 Å². The Morgan fingerprint density at radius 3 is 2.52 bits per heavy atom. The van der Waals surface area contributed by atoms with Gasteiger partial charge in [0.05, 0.1) is 44.9 Å². The zero-order chi connectivity index (χ0) is 19.4. The molecule has 1 aromatic carbocycles. The van der Waals surface area contributed by atoms with Crippen LogP contribution in [0.5, 0.6) is 5.75 Å². The number of ether oxygens (including phenoxy) is 4.